The van der Waals surface area contributed by atoms with Crippen LogP contribution in [0, 0.1) is 11.6 Å². The van der Waals surface area contributed by atoms with E-state index < -0.39 is 29.6 Å². The third-order valence-electron chi connectivity index (χ3n) is 5.32. The van der Waals surface area contributed by atoms with Gasteiger partial charge in [0, 0.05) is 28.5 Å². The molecule has 2 aliphatic rings. The van der Waals surface area contributed by atoms with E-state index in [0.717, 1.165) is 6.42 Å². The zero-order valence-electron chi connectivity index (χ0n) is 15.5. The first-order chi connectivity index (χ1) is 12.8. The molecule has 0 spiro atoms. The maximum Gasteiger partial charge on any atom is 0.312 e. The number of hydrogen-bond acceptors (Lipinski definition) is 4. The molecule has 7 nitrogen and oxygen atoms in total. The zero-order valence-corrected chi connectivity index (χ0v) is 15.5. The molecular weight excluding hydrogens is 356 g/mol. The lowest BCUT2D eigenvalue weighted by atomic mass is 10.0. The fraction of sp³-hybridized carbons (Fsp3) is 0.556. The van der Waals surface area contributed by atoms with E-state index in [1.807, 2.05) is 19.0 Å². The van der Waals surface area contributed by atoms with Crippen molar-refractivity contribution < 1.29 is 21.2 Å². The van der Waals surface area contributed by atoms with E-state index in [2.05, 4.69) is 10.2 Å². The third-order valence-corrected chi connectivity index (χ3v) is 5.32. The highest BCUT2D eigenvalue weighted by molar-refractivity contribution is 5.99. The molecule has 1 aromatic rings. The van der Waals surface area contributed by atoms with E-state index in [4.69, 9.17) is 5.73 Å². The molecule has 2 saturated heterocycles. The van der Waals surface area contributed by atoms with Crippen LogP contribution in [0.5, 0.6) is 0 Å². The van der Waals surface area contributed by atoms with Crippen molar-refractivity contribution in [2.24, 2.45) is 5.73 Å². The largest absolute Gasteiger partial charge is 0.367 e. The third kappa shape index (κ3) is 3.83. The Morgan fingerprint density at radius 3 is 2.52 bits per heavy atom. The van der Waals surface area contributed by atoms with Gasteiger partial charge in [-0.1, -0.05) is 0 Å². The topological polar surface area (TPSA) is 81.9 Å². The van der Waals surface area contributed by atoms with Gasteiger partial charge in [-0.15, -0.1) is 0 Å². The summed E-state index contributed by atoms with van der Waals surface area (Å²) in [5, 5.41) is 2.36. The summed E-state index contributed by atoms with van der Waals surface area (Å²) in [6.45, 7) is 1.53. The Balaban J connectivity index is 0.00000210. The van der Waals surface area contributed by atoms with E-state index in [1.165, 1.54) is 17.0 Å². The van der Waals surface area contributed by atoms with Gasteiger partial charge in [0.1, 0.15) is 6.04 Å². The monoisotopic (exact) mass is 385 g/mol. The number of primary amides is 1. The number of carbonyl (C=O) groups excluding carboxylic acids is 2. The molecule has 3 rings (SSSR count). The zero-order chi connectivity index (χ0) is 19.7. The maximum atomic E-state index is 14.8. The van der Waals surface area contributed by atoms with Gasteiger partial charge >= 0.3 is 6.03 Å². The van der Waals surface area contributed by atoms with Gasteiger partial charge in [-0.05, 0) is 45.5 Å². The number of nitrogens with zero attached hydrogens (tertiary/aromatic N) is 3. The number of rotatable bonds is 4. The Labute approximate surface area is 160 Å². The molecule has 1 aromatic carbocycles. The van der Waals surface area contributed by atoms with Gasteiger partial charge in [0.2, 0.25) is 5.91 Å². The summed E-state index contributed by atoms with van der Waals surface area (Å²) in [5.41, 5.74) is 5.18. The standard InChI is InChI=1S/C18H25F2N5O2.2H2/c1-23(2)11-7-9-24(10-11)13-5-6-14(16(20)15(13)19)25-8-3-4-12(17(25)26)22-18(21)27;;/h5-6,11-12H,3-4,7-10H2,1-2H3,(H3,21,22,27);2*1H/t11?,12-;;/m1../s1. The van der Waals surface area contributed by atoms with Gasteiger partial charge in [0.15, 0.2) is 11.6 Å². The normalized spacial score (nSPS) is 23.2. The number of amides is 3. The van der Waals surface area contributed by atoms with Crippen molar-refractivity contribution in [3.05, 3.63) is 23.8 Å². The molecule has 0 bridgehead atoms. The number of piperidine rings is 1. The van der Waals surface area contributed by atoms with Crippen LogP contribution in [0.25, 0.3) is 0 Å². The molecule has 0 radical (unpaired) electrons. The summed E-state index contributed by atoms with van der Waals surface area (Å²) in [7, 11) is 3.93. The Morgan fingerprint density at radius 1 is 1.22 bits per heavy atom. The molecule has 3 N–H and O–H groups in total. The second-order valence-corrected chi connectivity index (χ2v) is 7.28. The predicted octanol–water partition coefficient (Wildman–Crippen LogP) is 1.76. The number of halogens is 2. The number of anilines is 2. The first-order valence-electron chi connectivity index (χ1n) is 9.06. The summed E-state index contributed by atoms with van der Waals surface area (Å²) >= 11 is 0. The molecule has 1 unspecified atom stereocenters. The van der Waals surface area contributed by atoms with Crippen LogP contribution in [0.3, 0.4) is 0 Å². The van der Waals surface area contributed by atoms with E-state index >= 15 is 0 Å². The van der Waals surface area contributed by atoms with Crippen molar-refractivity contribution in [2.45, 2.75) is 31.3 Å². The number of carbonyl (C=O) groups is 2. The van der Waals surface area contributed by atoms with Gasteiger partial charge in [0.05, 0.1) is 11.4 Å². The van der Waals surface area contributed by atoms with Crippen molar-refractivity contribution in [3.8, 4) is 0 Å². The summed E-state index contributed by atoms with van der Waals surface area (Å²) in [6, 6.07) is 1.60. The van der Waals surface area contributed by atoms with Crippen LogP contribution in [0.15, 0.2) is 12.1 Å². The van der Waals surface area contributed by atoms with Crippen LogP contribution in [-0.2, 0) is 4.79 Å². The second-order valence-electron chi connectivity index (χ2n) is 7.28. The smallest absolute Gasteiger partial charge is 0.312 e. The number of nitrogens with two attached hydrogens (primary N) is 1. The average molecular weight is 385 g/mol. The quantitative estimate of drug-likeness (QED) is 0.828. The van der Waals surface area contributed by atoms with Crippen molar-refractivity contribution in [2.75, 3.05) is 43.5 Å². The maximum absolute atomic E-state index is 14.8. The number of hydrogen-bond donors (Lipinski definition) is 2. The molecule has 2 heterocycles. The number of likely N-dealkylation sites (N-methyl/N-ethyl adjacent to an activating group) is 1. The number of nitrogens with one attached hydrogen (secondary N) is 1. The summed E-state index contributed by atoms with van der Waals surface area (Å²) in [5.74, 6) is -2.49. The Kier molecular flexibility index (Phi) is 5.50. The van der Waals surface area contributed by atoms with Gasteiger partial charge in [0.25, 0.3) is 0 Å². The minimum Gasteiger partial charge on any atom is -0.367 e. The molecule has 2 aliphatic heterocycles. The van der Waals surface area contributed by atoms with Crippen LogP contribution in [0.1, 0.15) is 22.1 Å². The minimum atomic E-state index is -1.05. The molecule has 9 heteroatoms. The van der Waals surface area contributed by atoms with Crippen LogP contribution in [0.4, 0.5) is 25.0 Å². The van der Waals surface area contributed by atoms with Crippen molar-refractivity contribution in [3.63, 3.8) is 0 Å². The van der Waals surface area contributed by atoms with Gasteiger partial charge in [-0.25, -0.2) is 13.6 Å². The SMILES string of the molecule is CN(C)C1CCN(c2ccc(N3CCC[C@@H](NC(N)=O)C3=O)c(F)c2F)C1.[HH].[HH]. The van der Waals surface area contributed by atoms with Crippen molar-refractivity contribution in [1.29, 1.82) is 0 Å². The van der Waals surface area contributed by atoms with Gasteiger partial charge < -0.3 is 25.8 Å². The van der Waals surface area contributed by atoms with Crippen molar-refractivity contribution >= 4 is 23.3 Å². The van der Waals surface area contributed by atoms with Gasteiger partial charge in [-0.2, -0.15) is 0 Å². The minimum absolute atomic E-state index is 0. The van der Waals surface area contributed by atoms with E-state index in [-0.39, 0.29) is 26.8 Å². The Hall–Kier alpha value is -2.42. The molecule has 3 amide bonds. The summed E-state index contributed by atoms with van der Waals surface area (Å²) in [4.78, 5) is 28.6. The lowest BCUT2D eigenvalue weighted by molar-refractivity contribution is -0.121. The number of benzene rings is 1. The van der Waals surface area contributed by atoms with Crippen molar-refractivity contribution in [1.82, 2.24) is 10.2 Å². The van der Waals surface area contributed by atoms with E-state index in [9.17, 15) is 18.4 Å². The summed E-state index contributed by atoms with van der Waals surface area (Å²) < 4.78 is 29.6. The van der Waals surface area contributed by atoms with Crippen LogP contribution in [0.2, 0.25) is 0 Å². The predicted molar refractivity (Wildman–Crippen MR) is 103 cm³/mol. The van der Waals surface area contributed by atoms with Crippen LogP contribution >= 0.6 is 0 Å². The fourth-order valence-corrected chi connectivity index (χ4v) is 3.78. The highest BCUT2D eigenvalue weighted by atomic mass is 19.2. The molecule has 2 fully saturated rings. The number of urea groups is 1. The molecule has 0 aromatic heterocycles. The average Bonchev–Trinajstić information content (AvgIpc) is 3.09. The lowest BCUT2D eigenvalue weighted by Gasteiger charge is -2.33. The van der Waals surface area contributed by atoms with Crippen LogP contribution < -0.4 is 20.9 Å². The lowest BCUT2D eigenvalue weighted by Crippen LogP contribution is -2.53. The highest BCUT2D eigenvalue weighted by Gasteiger charge is 2.34. The molecule has 0 aliphatic carbocycles. The molecule has 27 heavy (non-hydrogen) atoms. The Morgan fingerprint density at radius 2 is 1.89 bits per heavy atom. The highest BCUT2D eigenvalue weighted by Crippen LogP contribution is 2.33. The Bertz CT molecular complexity index is 753. The van der Waals surface area contributed by atoms with E-state index in [0.29, 0.717) is 25.9 Å². The second kappa shape index (κ2) is 7.67. The molecule has 152 valence electrons. The first kappa shape index (κ1) is 19.3. The molecule has 2 atom stereocenters. The molecule has 0 saturated carbocycles. The van der Waals surface area contributed by atoms with Gasteiger partial charge in [-0.3, -0.25) is 4.79 Å². The molecular formula is C18H29F2N5O2. The van der Waals surface area contributed by atoms with Crippen LogP contribution in [-0.4, -0.2) is 62.7 Å². The summed E-state index contributed by atoms with van der Waals surface area (Å²) in [6.07, 6.45) is 1.84. The first-order valence-corrected chi connectivity index (χ1v) is 9.06. The fourth-order valence-electron chi connectivity index (χ4n) is 3.78. The van der Waals surface area contributed by atoms with E-state index in [1.54, 1.807) is 0 Å².